The molecule has 3 atom stereocenters. The van der Waals surface area contributed by atoms with Gasteiger partial charge in [0.15, 0.2) is 0 Å². The molecule has 0 fully saturated rings. The lowest BCUT2D eigenvalue weighted by molar-refractivity contribution is -0.140. The van der Waals surface area contributed by atoms with Gasteiger partial charge in [-0.1, -0.05) is 39.8 Å². The van der Waals surface area contributed by atoms with E-state index in [0.717, 1.165) is 18.5 Å². The van der Waals surface area contributed by atoms with Crippen molar-refractivity contribution in [2.45, 2.75) is 46.1 Å². The third-order valence-electron chi connectivity index (χ3n) is 4.48. The number of carboxylic acids is 1. The van der Waals surface area contributed by atoms with Gasteiger partial charge in [0.25, 0.3) is 0 Å². The maximum absolute atomic E-state index is 12.1. The molecule has 26 heavy (non-hydrogen) atoms. The number of ether oxygens (including phenoxy) is 1. The molecule has 2 N–H and O–H groups in total. The molecule has 0 bridgehead atoms. The summed E-state index contributed by atoms with van der Waals surface area (Å²) in [5, 5.41) is 11.6. The minimum atomic E-state index is -1.07. The molecule has 1 aromatic carbocycles. The monoisotopic (exact) mass is 364 g/mol. The molecular weight excluding hydrogens is 332 g/mol. The topological polar surface area (TPSA) is 78.9 Å². The lowest BCUT2D eigenvalue weighted by Gasteiger charge is -2.26. The van der Waals surface area contributed by atoms with E-state index in [1.54, 1.807) is 19.9 Å². The summed E-state index contributed by atoms with van der Waals surface area (Å²) >= 11 is 0. The standard InChI is InChI=1S/C20H32N2O4/c1-7-17(14(4)12-22(5)6)15-9-8-10-16(11-15)26-20(25)21-18(13(2)3)19(23)24/h8-11,13-14,17-18H,7,12H2,1-6H3,(H,21,25)(H,23,24)/t14-,17+,18+/m1/s1. The van der Waals surface area contributed by atoms with E-state index in [1.165, 1.54) is 0 Å². The summed E-state index contributed by atoms with van der Waals surface area (Å²) in [5.74, 6) is -0.0803. The molecule has 1 aromatic rings. The summed E-state index contributed by atoms with van der Waals surface area (Å²) in [6.45, 7) is 8.81. The first-order valence-corrected chi connectivity index (χ1v) is 9.11. The van der Waals surface area contributed by atoms with Crippen LogP contribution in [0.1, 0.15) is 45.6 Å². The van der Waals surface area contributed by atoms with Gasteiger partial charge in [0.1, 0.15) is 11.8 Å². The minimum Gasteiger partial charge on any atom is -0.480 e. The van der Waals surface area contributed by atoms with Gasteiger partial charge in [-0.3, -0.25) is 0 Å². The van der Waals surface area contributed by atoms with Gasteiger partial charge in [-0.25, -0.2) is 9.59 Å². The molecule has 1 amide bonds. The van der Waals surface area contributed by atoms with Crippen LogP contribution < -0.4 is 10.1 Å². The van der Waals surface area contributed by atoms with Crippen LogP contribution in [-0.4, -0.2) is 48.8 Å². The number of carboxylic acid groups (broad SMARTS) is 1. The van der Waals surface area contributed by atoms with Crippen LogP contribution in [0, 0.1) is 11.8 Å². The first kappa shape index (κ1) is 22.0. The lowest BCUT2D eigenvalue weighted by Crippen LogP contribution is -2.45. The zero-order chi connectivity index (χ0) is 19.9. The van der Waals surface area contributed by atoms with E-state index in [4.69, 9.17) is 9.84 Å². The number of benzene rings is 1. The van der Waals surface area contributed by atoms with Crippen molar-refractivity contribution in [2.24, 2.45) is 11.8 Å². The van der Waals surface area contributed by atoms with Gasteiger partial charge < -0.3 is 20.1 Å². The van der Waals surface area contributed by atoms with Crippen molar-refractivity contribution in [3.63, 3.8) is 0 Å². The summed E-state index contributed by atoms with van der Waals surface area (Å²) in [4.78, 5) is 25.4. The van der Waals surface area contributed by atoms with Crippen molar-refractivity contribution < 1.29 is 19.4 Å². The molecule has 0 aliphatic heterocycles. The molecule has 0 aromatic heterocycles. The van der Waals surface area contributed by atoms with Gasteiger partial charge in [-0.2, -0.15) is 0 Å². The Labute approximate surface area is 156 Å². The Morgan fingerprint density at radius 1 is 1.23 bits per heavy atom. The smallest absolute Gasteiger partial charge is 0.413 e. The fourth-order valence-electron chi connectivity index (χ4n) is 3.26. The molecule has 0 unspecified atom stereocenters. The summed E-state index contributed by atoms with van der Waals surface area (Å²) in [6.07, 6.45) is 0.233. The normalized spacial score (nSPS) is 14.8. The van der Waals surface area contributed by atoms with Gasteiger partial charge in [-0.05, 0) is 56.0 Å². The SMILES string of the molecule is CC[C@H](c1cccc(OC(=O)N[C@H](C(=O)O)C(C)C)c1)[C@H](C)CN(C)C. The Bertz CT molecular complexity index is 601. The quantitative estimate of drug-likeness (QED) is 0.700. The second-order valence-corrected chi connectivity index (χ2v) is 7.42. The van der Waals surface area contributed by atoms with Crippen LogP contribution in [0.25, 0.3) is 0 Å². The molecular formula is C20H32N2O4. The molecule has 0 saturated carbocycles. The van der Waals surface area contributed by atoms with Crippen molar-refractivity contribution in [2.75, 3.05) is 20.6 Å². The number of nitrogens with zero attached hydrogens (tertiary/aromatic N) is 1. The highest BCUT2D eigenvalue weighted by Crippen LogP contribution is 2.30. The third-order valence-corrected chi connectivity index (χ3v) is 4.48. The summed E-state index contributed by atoms with van der Waals surface area (Å²) in [6, 6.07) is 6.50. The molecule has 0 saturated heterocycles. The summed E-state index contributed by atoms with van der Waals surface area (Å²) in [7, 11) is 4.11. The Hall–Kier alpha value is -2.08. The first-order chi connectivity index (χ1) is 12.1. The van der Waals surface area contributed by atoms with Crippen LogP contribution in [0.4, 0.5) is 4.79 Å². The molecule has 6 nitrogen and oxygen atoms in total. The van der Waals surface area contributed by atoms with E-state index in [2.05, 4.69) is 38.2 Å². The highest BCUT2D eigenvalue weighted by Gasteiger charge is 2.24. The van der Waals surface area contributed by atoms with Crippen molar-refractivity contribution in [3.05, 3.63) is 29.8 Å². The number of hydrogen-bond donors (Lipinski definition) is 2. The molecule has 146 valence electrons. The Morgan fingerprint density at radius 2 is 1.88 bits per heavy atom. The summed E-state index contributed by atoms with van der Waals surface area (Å²) in [5.41, 5.74) is 1.12. The second-order valence-electron chi connectivity index (χ2n) is 7.42. The fourth-order valence-corrected chi connectivity index (χ4v) is 3.26. The van der Waals surface area contributed by atoms with Crippen LogP contribution in [0.3, 0.4) is 0 Å². The molecule has 0 aliphatic carbocycles. The third kappa shape index (κ3) is 6.67. The van der Waals surface area contributed by atoms with Crippen LogP contribution >= 0.6 is 0 Å². The number of nitrogens with one attached hydrogen (secondary N) is 1. The van der Waals surface area contributed by atoms with Crippen LogP contribution in [0.15, 0.2) is 24.3 Å². The van der Waals surface area contributed by atoms with E-state index in [9.17, 15) is 9.59 Å². The zero-order valence-electron chi connectivity index (χ0n) is 16.7. The van der Waals surface area contributed by atoms with Gasteiger partial charge in [-0.15, -0.1) is 0 Å². The maximum atomic E-state index is 12.1. The second kappa shape index (κ2) is 10.2. The van der Waals surface area contributed by atoms with Gasteiger partial charge in [0.2, 0.25) is 0 Å². The number of carbonyl (C=O) groups excluding carboxylic acids is 1. The van der Waals surface area contributed by atoms with Crippen molar-refractivity contribution >= 4 is 12.1 Å². The van der Waals surface area contributed by atoms with E-state index in [-0.39, 0.29) is 5.92 Å². The number of amides is 1. The van der Waals surface area contributed by atoms with Crippen LogP contribution in [-0.2, 0) is 4.79 Å². The Kier molecular flexibility index (Phi) is 8.58. The highest BCUT2D eigenvalue weighted by atomic mass is 16.6. The number of carbonyl (C=O) groups is 2. The largest absolute Gasteiger partial charge is 0.480 e. The van der Waals surface area contributed by atoms with E-state index in [0.29, 0.717) is 17.6 Å². The fraction of sp³-hybridized carbons (Fsp3) is 0.600. The highest BCUT2D eigenvalue weighted by molar-refractivity contribution is 5.81. The van der Waals surface area contributed by atoms with Gasteiger partial charge in [0.05, 0.1) is 0 Å². The zero-order valence-corrected chi connectivity index (χ0v) is 16.7. The average molecular weight is 364 g/mol. The van der Waals surface area contributed by atoms with Crippen molar-refractivity contribution in [1.29, 1.82) is 0 Å². The van der Waals surface area contributed by atoms with Gasteiger partial charge >= 0.3 is 12.1 Å². The van der Waals surface area contributed by atoms with E-state index in [1.807, 2.05) is 18.2 Å². The molecule has 6 heteroatoms. The average Bonchev–Trinajstić information content (AvgIpc) is 2.52. The van der Waals surface area contributed by atoms with Crippen molar-refractivity contribution in [3.8, 4) is 5.75 Å². The number of aliphatic carboxylic acids is 1. The first-order valence-electron chi connectivity index (χ1n) is 9.11. The van der Waals surface area contributed by atoms with Gasteiger partial charge in [0, 0.05) is 6.54 Å². The molecule has 0 spiro atoms. The predicted molar refractivity (Wildman–Crippen MR) is 103 cm³/mol. The lowest BCUT2D eigenvalue weighted by atomic mass is 9.85. The number of rotatable bonds is 9. The van der Waals surface area contributed by atoms with E-state index < -0.39 is 18.1 Å². The number of hydrogen-bond acceptors (Lipinski definition) is 4. The van der Waals surface area contributed by atoms with Crippen LogP contribution in [0.2, 0.25) is 0 Å². The molecule has 0 heterocycles. The Morgan fingerprint density at radius 3 is 2.38 bits per heavy atom. The minimum absolute atomic E-state index is 0.234. The molecule has 1 rings (SSSR count). The summed E-state index contributed by atoms with van der Waals surface area (Å²) < 4.78 is 5.32. The van der Waals surface area contributed by atoms with Crippen molar-refractivity contribution in [1.82, 2.24) is 10.2 Å². The molecule has 0 aliphatic rings. The molecule has 0 radical (unpaired) electrons. The van der Waals surface area contributed by atoms with Crippen LogP contribution in [0.5, 0.6) is 5.75 Å². The predicted octanol–water partition coefficient (Wildman–Crippen LogP) is 3.58. The maximum Gasteiger partial charge on any atom is 0.413 e. The Balaban J connectivity index is 2.85. The van der Waals surface area contributed by atoms with E-state index >= 15 is 0 Å².